The second-order valence-corrected chi connectivity index (χ2v) is 11.3. The fourth-order valence-corrected chi connectivity index (χ4v) is 5.34. The summed E-state index contributed by atoms with van der Waals surface area (Å²) in [4.78, 5) is 47.9. The minimum Gasteiger partial charge on any atom is -0.354 e. The second-order valence-electron chi connectivity index (χ2n) is 9.60. The van der Waals surface area contributed by atoms with Gasteiger partial charge in [0, 0.05) is 36.0 Å². The van der Waals surface area contributed by atoms with Gasteiger partial charge in [-0.05, 0) is 83.7 Å². The maximum absolute atomic E-state index is 12.5. The molecular weight excluding hydrogens is 606 g/mol. The van der Waals surface area contributed by atoms with Crippen molar-refractivity contribution in [2.45, 2.75) is 19.3 Å². The summed E-state index contributed by atoms with van der Waals surface area (Å²) in [6.07, 6.45) is 4.06. The summed E-state index contributed by atoms with van der Waals surface area (Å²) in [6, 6.07) is 16.6. The van der Waals surface area contributed by atoms with Crippen LogP contribution in [-0.2, 0) is 4.79 Å². The molecule has 0 radical (unpaired) electrons. The van der Waals surface area contributed by atoms with Crippen LogP contribution < -0.4 is 21.3 Å². The minimum atomic E-state index is -0.555. The second kappa shape index (κ2) is 13.9. The topological polar surface area (TPSA) is 181 Å². The highest BCUT2D eigenvalue weighted by Crippen LogP contribution is 2.31. The lowest BCUT2D eigenvalue weighted by Gasteiger charge is -2.09. The summed E-state index contributed by atoms with van der Waals surface area (Å²) in [6.45, 7) is 0.998. The molecule has 0 atom stereocenters. The standard InChI is InChI=1S/C29H25N7O6S2/c37-26(18-6-4-17(5-7-18)16-23-28(39)33-29(43)44-23)30-14-2-1-3-15-31-27(38)19-8-10-20(11-9-19)32-21-12-13-22(36(40)41)25-24(21)34-42-35-25/h4-13,16,32H,1-3,14-15H2,(H,30,37)(H,31,38)(H,33,39,43)/b23-16+. The van der Waals surface area contributed by atoms with E-state index in [-0.39, 0.29) is 34.4 Å². The van der Waals surface area contributed by atoms with Crippen molar-refractivity contribution >= 4 is 80.2 Å². The number of anilines is 2. The summed E-state index contributed by atoms with van der Waals surface area (Å²) in [5.74, 6) is -0.614. The molecule has 0 bridgehead atoms. The number of nitrogens with zero attached hydrogens (tertiary/aromatic N) is 3. The third-order valence-corrected chi connectivity index (χ3v) is 7.72. The zero-order valence-corrected chi connectivity index (χ0v) is 24.6. The van der Waals surface area contributed by atoms with E-state index < -0.39 is 4.92 Å². The first-order valence-electron chi connectivity index (χ1n) is 13.5. The normalized spacial score (nSPS) is 13.6. The van der Waals surface area contributed by atoms with Crippen LogP contribution in [0.5, 0.6) is 0 Å². The third-order valence-electron chi connectivity index (χ3n) is 6.55. The molecule has 15 heteroatoms. The van der Waals surface area contributed by atoms with E-state index in [9.17, 15) is 24.5 Å². The van der Waals surface area contributed by atoms with Crippen molar-refractivity contribution < 1.29 is 23.9 Å². The SMILES string of the molecule is O=C1NC(=S)S/C1=C/c1ccc(C(=O)NCCCCCNC(=O)c2ccc(Nc3ccc([N+](=O)[O-])c4nonc34)cc2)cc1. The Morgan fingerprint density at radius 2 is 1.52 bits per heavy atom. The zero-order valence-electron chi connectivity index (χ0n) is 23.0. The van der Waals surface area contributed by atoms with Crippen LogP contribution in [0.1, 0.15) is 45.5 Å². The van der Waals surface area contributed by atoms with Crippen LogP contribution >= 0.6 is 24.0 Å². The first-order valence-corrected chi connectivity index (χ1v) is 14.7. The number of non-ortho nitro benzene ring substituents is 1. The Kier molecular flexibility index (Phi) is 9.56. The predicted molar refractivity (Wildman–Crippen MR) is 169 cm³/mol. The molecule has 4 aromatic rings. The van der Waals surface area contributed by atoms with Gasteiger partial charge in [-0.25, -0.2) is 4.63 Å². The lowest BCUT2D eigenvalue weighted by molar-refractivity contribution is -0.383. The van der Waals surface area contributed by atoms with Crippen molar-refractivity contribution in [1.29, 1.82) is 0 Å². The lowest BCUT2D eigenvalue weighted by atomic mass is 10.1. The van der Waals surface area contributed by atoms with Crippen LogP contribution in [0.2, 0.25) is 0 Å². The Morgan fingerprint density at radius 3 is 2.11 bits per heavy atom. The number of unbranched alkanes of at least 4 members (excludes halogenated alkanes) is 2. The molecule has 1 aliphatic rings. The molecule has 13 nitrogen and oxygen atoms in total. The van der Waals surface area contributed by atoms with E-state index in [0.717, 1.165) is 24.8 Å². The molecule has 1 fully saturated rings. The van der Waals surface area contributed by atoms with Gasteiger partial charge in [-0.3, -0.25) is 24.5 Å². The number of fused-ring (bicyclic) bond motifs is 1. The molecule has 0 saturated carbocycles. The average molecular weight is 632 g/mol. The van der Waals surface area contributed by atoms with Crippen LogP contribution in [0.15, 0.2) is 70.2 Å². The quantitative estimate of drug-likeness (QED) is 0.0560. The van der Waals surface area contributed by atoms with E-state index in [1.807, 2.05) is 0 Å². The minimum absolute atomic E-state index is 0.0421. The number of carbonyl (C=O) groups excluding carboxylic acids is 3. The Hall–Kier alpha value is -5.15. The largest absolute Gasteiger partial charge is 0.354 e. The van der Waals surface area contributed by atoms with Crippen molar-refractivity contribution in [3.05, 3.63) is 92.4 Å². The number of carbonyl (C=O) groups is 3. The Labute approximate surface area is 260 Å². The van der Waals surface area contributed by atoms with Gasteiger partial charge < -0.3 is 21.3 Å². The molecule has 1 aliphatic heterocycles. The molecule has 0 unspecified atom stereocenters. The van der Waals surface area contributed by atoms with Crippen molar-refractivity contribution in [2.24, 2.45) is 0 Å². The van der Waals surface area contributed by atoms with E-state index >= 15 is 0 Å². The molecule has 1 saturated heterocycles. The number of amides is 3. The molecule has 4 N–H and O–H groups in total. The fourth-order valence-electron chi connectivity index (χ4n) is 4.30. The Morgan fingerprint density at radius 1 is 0.909 bits per heavy atom. The van der Waals surface area contributed by atoms with E-state index in [0.29, 0.717) is 44.8 Å². The molecule has 5 rings (SSSR count). The van der Waals surface area contributed by atoms with Gasteiger partial charge in [0.15, 0.2) is 5.52 Å². The van der Waals surface area contributed by atoms with Gasteiger partial charge in [0.1, 0.15) is 4.32 Å². The van der Waals surface area contributed by atoms with E-state index in [4.69, 9.17) is 12.2 Å². The summed E-state index contributed by atoms with van der Waals surface area (Å²) in [5.41, 5.74) is 3.00. The molecule has 0 aliphatic carbocycles. The number of hydrogen-bond donors (Lipinski definition) is 4. The fraction of sp³-hybridized carbons (Fsp3) is 0.172. The number of rotatable bonds is 12. The number of nitrogens with one attached hydrogen (secondary N) is 4. The van der Waals surface area contributed by atoms with Crippen LogP contribution in [0.25, 0.3) is 17.1 Å². The number of nitro benzene ring substituents is 1. The smallest absolute Gasteiger partial charge is 0.300 e. The maximum atomic E-state index is 12.5. The number of aromatic nitrogens is 2. The van der Waals surface area contributed by atoms with Gasteiger partial charge in [-0.2, -0.15) is 0 Å². The van der Waals surface area contributed by atoms with Gasteiger partial charge in [-0.1, -0.05) is 36.1 Å². The van der Waals surface area contributed by atoms with Gasteiger partial charge in [-0.15, -0.1) is 0 Å². The van der Waals surface area contributed by atoms with Crippen LogP contribution in [0.4, 0.5) is 17.1 Å². The lowest BCUT2D eigenvalue weighted by Crippen LogP contribution is -2.26. The molecule has 224 valence electrons. The Bertz CT molecular complexity index is 1770. The predicted octanol–water partition coefficient (Wildman–Crippen LogP) is 4.69. The van der Waals surface area contributed by atoms with Crippen molar-refractivity contribution in [3.63, 3.8) is 0 Å². The van der Waals surface area contributed by atoms with Crippen LogP contribution in [-0.4, -0.2) is 50.4 Å². The summed E-state index contributed by atoms with van der Waals surface area (Å²) in [7, 11) is 0. The molecule has 44 heavy (non-hydrogen) atoms. The van der Waals surface area contributed by atoms with Crippen LogP contribution in [0, 0.1) is 10.1 Å². The van der Waals surface area contributed by atoms with E-state index in [2.05, 4.69) is 36.2 Å². The molecule has 0 spiro atoms. The molecule has 1 aromatic heterocycles. The number of benzene rings is 3. The summed E-state index contributed by atoms with van der Waals surface area (Å²) in [5, 5.41) is 30.0. The molecule has 2 heterocycles. The first-order chi connectivity index (χ1) is 21.3. The number of thiocarbonyl (C=S) groups is 1. The average Bonchev–Trinajstić information content (AvgIpc) is 3.63. The maximum Gasteiger partial charge on any atom is 0.300 e. The third kappa shape index (κ3) is 7.43. The number of nitro groups is 1. The Balaban J connectivity index is 0.996. The van der Waals surface area contributed by atoms with E-state index in [1.165, 1.54) is 23.9 Å². The van der Waals surface area contributed by atoms with E-state index in [1.54, 1.807) is 54.6 Å². The van der Waals surface area contributed by atoms with Gasteiger partial charge in [0.2, 0.25) is 5.52 Å². The zero-order chi connectivity index (χ0) is 31.1. The summed E-state index contributed by atoms with van der Waals surface area (Å²) >= 11 is 6.19. The summed E-state index contributed by atoms with van der Waals surface area (Å²) < 4.78 is 5.10. The number of hydrogen-bond acceptors (Lipinski definition) is 11. The van der Waals surface area contributed by atoms with Gasteiger partial charge in [0.25, 0.3) is 17.7 Å². The molecular formula is C29H25N7O6S2. The highest BCUT2D eigenvalue weighted by atomic mass is 32.2. The highest BCUT2D eigenvalue weighted by molar-refractivity contribution is 8.26. The molecule has 3 amide bonds. The van der Waals surface area contributed by atoms with Crippen LogP contribution in [0.3, 0.4) is 0 Å². The molecule has 3 aromatic carbocycles. The van der Waals surface area contributed by atoms with Crippen molar-refractivity contribution in [3.8, 4) is 0 Å². The van der Waals surface area contributed by atoms with Gasteiger partial charge in [0.05, 0.1) is 15.5 Å². The monoisotopic (exact) mass is 631 g/mol. The van der Waals surface area contributed by atoms with Crippen molar-refractivity contribution in [1.82, 2.24) is 26.3 Å². The van der Waals surface area contributed by atoms with Crippen molar-refractivity contribution in [2.75, 3.05) is 18.4 Å². The van der Waals surface area contributed by atoms with Gasteiger partial charge >= 0.3 is 5.69 Å². The number of thioether (sulfide) groups is 1. The first kappa shape index (κ1) is 30.3. The highest BCUT2D eigenvalue weighted by Gasteiger charge is 2.22.